The van der Waals surface area contributed by atoms with Crippen molar-refractivity contribution in [2.45, 2.75) is 18.4 Å². The minimum Gasteiger partial charge on any atom is -0.385 e. The van der Waals surface area contributed by atoms with Crippen molar-refractivity contribution >= 4 is 28.4 Å². The SMILES string of the molecule is NC(=O)C1[C@H]2CC(O)(c3cc(Cl)cc4[nH]ncc34)C[C@@H]12. The molecular formula is C14H14ClN3O2. The number of carbonyl (C=O) groups is 1. The van der Waals surface area contributed by atoms with Gasteiger partial charge < -0.3 is 10.8 Å². The Hall–Kier alpha value is -1.59. The number of primary amides is 1. The number of aliphatic hydroxyl groups is 1. The van der Waals surface area contributed by atoms with Gasteiger partial charge in [-0.05, 0) is 42.4 Å². The number of fused-ring (bicyclic) bond motifs is 2. The highest BCUT2D eigenvalue weighted by molar-refractivity contribution is 6.31. The summed E-state index contributed by atoms with van der Waals surface area (Å²) in [5.74, 6) is 0.104. The van der Waals surface area contributed by atoms with Gasteiger partial charge in [-0.1, -0.05) is 11.6 Å². The number of benzene rings is 1. The maximum absolute atomic E-state index is 11.3. The third kappa shape index (κ3) is 1.53. The molecule has 0 bridgehead atoms. The van der Waals surface area contributed by atoms with Gasteiger partial charge in [0, 0.05) is 16.3 Å². The highest BCUT2D eigenvalue weighted by atomic mass is 35.5. The first-order valence-electron chi connectivity index (χ1n) is 6.64. The summed E-state index contributed by atoms with van der Waals surface area (Å²) in [5.41, 5.74) is 6.03. The molecule has 2 fully saturated rings. The number of hydrogen-bond acceptors (Lipinski definition) is 3. The van der Waals surface area contributed by atoms with Crippen molar-refractivity contribution in [3.05, 3.63) is 28.9 Å². The number of hydrogen-bond donors (Lipinski definition) is 3. The third-order valence-electron chi connectivity index (χ3n) is 4.83. The lowest BCUT2D eigenvalue weighted by Crippen LogP contribution is -2.27. The molecule has 1 heterocycles. The normalized spacial score (nSPS) is 35.2. The fraction of sp³-hybridized carbons (Fsp3) is 0.429. The molecular weight excluding hydrogens is 278 g/mol. The molecule has 2 aromatic rings. The van der Waals surface area contributed by atoms with Gasteiger partial charge in [-0.15, -0.1) is 0 Å². The molecule has 2 aliphatic rings. The van der Waals surface area contributed by atoms with Crippen molar-refractivity contribution in [3.8, 4) is 0 Å². The predicted molar refractivity (Wildman–Crippen MR) is 73.9 cm³/mol. The Morgan fingerprint density at radius 2 is 2.15 bits per heavy atom. The van der Waals surface area contributed by atoms with Gasteiger partial charge in [0.15, 0.2) is 0 Å². The molecule has 6 heteroatoms. The molecule has 4 N–H and O–H groups in total. The average Bonchev–Trinajstić information content (AvgIpc) is 2.75. The van der Waals surface area contributed by atoms with E-state index in [0.717, 1.165) is 16.5 Å². The number of H-pyrrole nitrogens is 1. The minimum absolute atomic E-state index is 0.0608. The zero-order chi connectivity index (χ0) is 14.1. The lowest BCUT2D eigenvalue weighted by molar-refractivity contribution is -0.120. The van der Waals surface area contributed by atoms with Crippen molar-refractivity contribution in [3.63, 3.8) is 0 Å². The van der Waals surface area contributed by atoms with E-state index < -0.39 is 5.60 Å². The summed E-state index contributed by atoms with van der Waals surface area (Å²) in [6, 6.07) is 3.59. The van der Waals surface area contributed by atoms with Crippen LogP contribution in [0.25, 0.3) is 10.9 Å². The predicted octanol–water partition coefficient (Wildman–Crippen LogP) is 1.55. The zero-order valence-corrected chi connectivity index (χ0v) is 11.4. The van der Waals surface area contributed by atoms with E-state index in [1.54, 1.807) is 18.3 Å². The summed E-state index contributed by atoms with van der Waals surface area (Å²) in [7, 11) is 0. The molecule has 20 heavy (non-hydrogen) atoms. The van der Waals surface area contributed by atoms with E-state index in [9.17, 15) is 9.90 Å². The van der Waals surface area contributed by atoms with Gasteiger partial charge in [0.2, 0.25) is 5.91 Å². The van der Waals surface area contributed by atoms with Gasteiger partial charge in [0.1, 0.15) is 0 Å². The van der Waals surface area contributed by atoms with Crippen molar-refractivity contribution in [2.24, 2.45) is 23.5 Å². The number of carbonyl (C=O) groups excluding carboxylic acids is 1. The van der Waals surface area contributed by atoms with Crippen LogP contribution in [0.15, 0.2) is 18.3 Å². The molecule has 2 unspecified atom stereocenters. The van der Waals surface area contributed by atoms with Crippen LogP contribution in [0.1, 0.15) is 18.4 Å². The van der Waals surface area contributed by atoms with Crippen molar-refractivity contribution in [1.82, 2.24) is 10.2 Å². The number of aromatic amines is 1. The molecule has 1 amide bonds. The van der Waals surface area contributed by atoms with Crippen LogP contribution in [-0.4, -0.2) is 21.2 Å². The number of rotatable bonds is 2. The number of nitrogens with zero attached hydrogens (tertiary/aromatic N) is 1. The summed E-state index contributed by atoms with van der Waals surface area (Å²) < 4.78 is 0. The summed E-state index contributed by atoms with van der Waals surface area (Å²) in [5, 5.41) is 19.3. The Morgan fingerprint density at radius 1 is 1.45 bits per heavy atom. The lowest BCUT2D eigenvalue weighted by atomic mass is 9.85. The van der Waals surface area contributed by atoms with Crippen molar-refractivity contribution in [1.29, 1.82) is 0 Å². The number of aromatic nitrogens is 2. The molecule has 1 aromatic heterocycles. The van der Waals surface area contributed by atoms with Gasteiger partial charge in [0.25, 0.3) is 0 Å². The second-order valence-electron chi connectivity index (χ2n) is 5.98. The van der Waals surface area contributed by atoms with Gasteiger partial charge in [-0.2, -0.15) is 5.10 Å². The second kappa shape index (κ2) is 3.74. The topological polar surface area (TPSA) is 92.0 Å². The van der Waals surface area contributed by atoms with Crippen LogP contribution in [0.4, 0.5) is 0 Å². The molecule has 0 saturated heterocycles. The Balaban J connectivity index is 1.74. The molecule has 5 nitrogen and oxygen atoms in total. The van der Waals surface area contributed by atoms with Crippen molar-refractivity contribution in [2.75, 3.05) is 0 Å². The van der Waals surface area contributed by atoms with E-state index in [0.29, 0.717) is 17.9 Å². The van der Waals surface area contributed by atoms with E-state index in [-0.39, 0.29) is 23.7 Å². The number of nitrogens with two attached hydrogens (primary N) is 1. The Kier molecular flexibility index (Phi) is 2.28. The largest absolute Gasteiger partial charge is 0.385 e. The zero-order valence-electron chi connectivity index (χ0n) is 10.6. The van der Waals surface area contributed by atoms with Crippen LogP contribution in [0, 0.1) is 17.8 Å². The van der Waals surface area contributed by atoms with Gasteiger partial charge in [0.05, 0.1) is 17.3 Å². The van der Waals surface area contributed by atoms with E-state index in [1.165, 1.54) is 0 Å². The Labute approximate surface area is 120 Å². The summed E-state index contributed by atoms with van der Waals surface area (Å²) in [6.45, 7) is 0. The smallest absolute Gasteiger partial charge is 0.221 e. The van der Waals surface area contributed by atoms with Crippen LogP contribution >= 0.6 is 11.6 Å². The molecule has 0 aliphatic heterocycles. The molecule has 2 aliphatic carbocycles. The highest BCUT2D eigenvalue weighted by Crippen LogP contribution is 2.64. The maximum Gasteiger partial charge on any atom is 0.221 e. The molecule has 4 rings (SSSR count). The van der Waals surface area contributed by atoms with Crippen LogP contribution in [-0.2, 0) is 10.4 Å². The summed E-state index contributed by atoms with van der Waals surface area (Å²) >= 11 is 6.11. The quantitative estimate of drug-likeness (QED) is 0.784. The van der Waals surface area contributed by atoms with E-state index in [2.05, 4.69) is 10.2 Å². The highest BCUT2D eigenvalue weighted by Gasteiger charge is 2.64. The maximum atomic E-state index is 11.3. The Bertz CT molecular complexity index is 714. The standard InChI is InChI=1S/C14H14ClN3O2/c15-6-1-10(9-5-17-18-11(9)2-6)14(20)3-7-8(4-14)12(7)13(16)19/h1-2,5,7-8,12,20H,3-4H2,(H2,16,19)(H,17,18)/t7-,8+,12?,14?. The molecule has 2 saturated carbocycles. The first-order valence-corrected chi connectivity index (χ1v) is 7.02. The lowest BCUT2D eigenvalue weighted by Gasteiger charge is -2.27. The number of amides is 1. The molecule has 0 radical (unpaired) electrons. The molecule has 4 atom stereocenters. The van der Waals surface area contributed by atoms with E-state index in [1.807, 2.05) is 0 Å². The Morgan fingerprint density at radius 3 is 2.80 bits per heavy atom. The second-order valence-corrected chi connectivity index (χ2v) is 6.42. The number of halogens is 1. The monoisotopic (exact) mass is 291 g/mol. The van der Waals surface area contributed by atoms with E-state index in [4.69, 9.17) is 17.3 Å². The van der Waals surface area contributed by atoms with E-state index >= 15 is 0 Å². The fourth-order valence-electron chi connectivity index (χ4n) is 3.91. The van der Waals surface area contributed by atoms with Crippen LogP contribution in [0.3, 0.4) is 0 Å². The number of nitrogens with one attached hydrogen (secondary N) is 1. The first-order chi connectivity index (χ1) is 9.49. The third-order valence-corrected chi connectivity index (χ3v) is 5.05. The molecule has 1 aromatic carbocycles. The van der Waals surface area contributed by atoms with Crippen LogP contribution in [0.2, 0.25) is 5.02 Å². The van der Waals surface area contributed by atoms with Gasteiger partial charge >= 0.3 is 0 Å². The van der Waals surface area contributed by atoms with Crippen molar-refractivity contribution < 1.29 is 9.90 Å². The minimum atomic E-state index is -0.936. The molecule has 0 spiro atoms. The average molecular weight is 292 g/mol. The van der Waals surface area contributed by atoms with Gasteiger partial charge in [-0.3, -0.25) is 9.89 Å². The molecule has 104 valence electrons. The summed E-state index contributed by atoms with van der Waals surface area (Å²) in [4.78, 5) is 11.3. The van der Waals surface area contributed by atoms with Crippen LogP contribution in [0.5, 0.6) is 0 Å². The fourth-order valence-corrected chi connectivity index (χ4v) is 4.13. The summed E-state index contributed by atoms with van der Waals surface area (Å²) in [6.07, 6.45) is 2.83. The first kappa shape index (κ1) is 12.2. The van der Waals surface area contributed by atoms with Gasteiger partial charge in [-0.25, -0.2) is 0 Å². The van der Waals surface area contributed by atoms with Crippen LogP contribution < -0.4 is 5.73 Å².